The highest BCUT2D eigenvalue weighted by Crippen LogP contribution is 2.20. The summed E-state index contributed by atoms with van der Waals surface area (Å²) in [6.07, 6.45) is 3.32. The zero-order valence-corrected chi connectivity index (χ0v) is 16.7. The van der Waals surface area contributed by atoms with Gasteiger partial charge in [-0.25, -0.2) is 0 Å². The third-order valence-corrected chi connectivity index (χ3v) is 5.42. The van der Waals surface area contributed by atoms with Crippen LogP contribution in [-0.2, 0) is 11.3 Å². The maximum absolute atomic E-state index is 12.4. The van der Waals surface area contributed by atoms with Gasteiger partial charge in [0.2, 0.25) is 5.91 Å². The first-order chi connectivity index (χ1) is 12.8. The molecule has 3 rings (SSSR count). The van der Waals surface area contributed by atoms with Gasteiger partial charge in [-0.05, 0) is 40.2 Å². The molecule has 1 aliphatic rings. The first kappa shape index (κ1) is 19.1. The molecule has 0 spiro atoms. The van der Waals surface area contributed by atoms with Gasteiger partial charge in [0, 0.05) is 38.1 Å². The zero-order chi connectivity index (χ0) is 19.7. The van der Waals surface area contributed by atoms with E-state index in [-0.39, 0.29) is 23.8 Å². The van der Waals surface area contributed by atoms with E-state index in [2.05, 4.69) is 22.4 Å². The van der Waals surface area contributed by atoms with Crippen molar-refractivity contribution in [3.05, 3.63) is 34.9 Å². The van der Waals surface area contributed by atoms with Crippen molar-refractivity contribution in [1.82, 2.24) is 29.8 Å². The second-order valence-corrected chi connectivity index (χ2v) is 7.33. The minimum absolute atomic E-state index is 0.00611. The molecule has 1 unspecified atom stereocenters. The molecule has 27 heavy (non-hydrogen) atoms. The van der Waals surface area contributed by atoms with Crippen LogP contribution >= 0.6 is 0 Å². The highest BCUT2D eigenvalue weighted by molar-refractivity contribution is 5.95. The summed E-state index contributed by atoms with van der Waals surface area (Å²) < 4.78 is 3.69. The van der Waals surface area contributed by atoms with Crippen molar-refractivity contribution in [1.29, 1.82) is 0 Å². The van der Waals surface area contributed by atoms with Crippen LogP contribution < -0.4 is 5.32 Å². The Morgan fingerprint density at radius 3 is 2.56 bits per heavy atom. The summed E-state index contributed by atoms with van der Waals surface area (Å²) in [4.78, 5) is 26.4. The van der Waals surface area contributed by atoms with Crippen LogP contribution in [0.4, 0.5) is 0 Å². The fraction of sp³-hybridized carbons (Fsp3) is 0.579. The van der Waals surface area contributed by atoms with Crippen LogP contribution in [0, 0.1) is 26.7 Å². The maximum atomic E-state index is 12.4. The Balaban J connectivity index is 1.47. The number of likely N-dealkylation sites (tertiary alicyclic amines) is 1. The van der Waals surface area contributed by atoms with Crippen LogP contribution in [0.5, 0.6) is 0 Å². The average molecular weight is 372 g/mol. The van der Waals surface area contributed by atoms with E-state index in [1.54, 1.807) is 22.0 Å². The summed E-state index contributed by atoms with van der Waals surface area (Å²) in [5, 5.41) is 11.7. The molecular weight excluding hydrogens is 344 g/mol. The lowest BCUT2D eigenvalue weighted by molar-refractivity contribution is -0.129. The highest BCUT2D eigenvalue weighted by atomic mass is 16.2. The number of aromatic nitrogens is 4. The second-order valence-electron chi connectivity index (χ2n) is 7.33. The Morgan fingerprint density at radius 1 is 1.30 bits per heavy atom. The quantitative estimate of drug-likeness (QED) is 0.832. The lowest BCUT2D eigenvalue weighted by atomic mass is 9.98. The number of nitrogens with one attached hydrogen (secondary N) is 1. The summed E-state index contributed by atoms with van der Waals surface area (Å²) in [5.41, 5.74) is 3.91. The van der Waals surface area contributed by atoms with Gasteiger partial charge in [0.15, 0.2) is 0 Å². The van der Waals surface area contributed by atoms with Crippen LogP contribution in [0.3, 0.4) is 0 Å². The molecule has 8 heteroatoms. The summed E-state index contributed by atoms with van der Waals surface area (Å²) in [6, 6.07) is 0.0824. The first-order valence-corrected chi connectivity index (χ1v) is 9.43. The standard InChI is InChI=1S/C19H28N6O2/c1-6-24-11-16(8-21-24)19(27)23-9-17(10-23)18(26)20-7-12(2)25-15(5)13(3)14(4)22-25/h8,11-12,17H,6-7,9-10H2,1-5H3,(H,20,26). The van der Waals surface area contributed by atoms with Gasteiger partial charge in [0.05, 0.1) is 29.4 Å². The van der Waals surface area contributed by atoms with E-state index in [1.807, 2.05) is 32.4 Å². The topological polar surface area (TPSA) is 85.0 Å². The smallest absolute Gasteiger partial charge is 0.257 e. The number of carbonyl (C=O) groups excluding carboxylic acids is 2. The van der Waals surface area contributed by atoms with Crippen LogP contribution in [0.25, 0.3) is 0 Å². The molecule has 1 atom stereocenters. The fourth-order valence-corrected chi connectivity index (χ4v) is 3.29. The molecule has 2 amide bonds. The number of amides is 2. The largest absolute Gasteiger partial charge is 0.354 e. The van der Waals surface area contributed by atoms with Crippen molar-refractivity contribution in [3.8, 4) is 0 Å². The second kappa shape index (κ2) is 7.54. The maximum Gasteiger partial charge on any atom is 0.257 e. The van der Waals surface area contributed by atoms with Crippen molar-refractivity contribution in [2.45, 2.75) is 47.2 Å². The Bertz CT molecular complexity index is 847. The highest BCUT2D eigenvalue weighted by Gasteiger charge is 2.36. The van der Waals surface area contributed by atoms with Gasteiger partial charge in [-0.2, -0.15) is 10.2 Å². The molecule has 8 nitrogen and oxygen atoms in total. The van der Waals surface area contributed by atoms with Gasteiger partial charge in [-0.3, -0.25) is 19.0 Å². The minimum Gasteiger partial charge on any atom is -0.354 e. The number of rotatable bonds is 6. The third kappa shape index (κ3) is 3.74. The molecule has 1 N–H and O–H groups in total. The van der Waals surface area contributed by atoms with Crippen molar-refractivity contribution in [2.24, 2.45) is 5.92 Å². The van der Waals surface area contributed by atoms with Gasteiger partial charge in [-0.1, -0.05) is 0 Å². The van der Waals surface area contributed by atoms with Crippen molar-refractivity contribution in [3.63, 3.8) is 0 Å². The van der Waals surface area contributed by atoms with Gasteiger partial charge in [-0.15, -0.1) is 0 Å². The zero-order valence-electron chi connectivity index (χ0n) is 16.7. The minimum atomic E-state index is -0.149. The predicted molar refractivity (Wildman–Crippen MR) is 101 cm³/mol. The molecule has 0 saturated carbocycles. The van der Waals surface area contributed by atoms with E-state index in [1.165, 1.54) is 5.56 Å². The Labute approximate surface area is 159 Å². The summed E-state index contributed by atoms with van der Waals surface area (Å²) >= 11 is 0. The van der Waals surface area contributed by atoms with E-state index < -0.39 is 0 Å². The third-order valence-electron chi connectivity index (χ3n) is 5.42. The first-order valence-electron chi connectivity index (χ1n) is 9.43. The molecule has 1 saturated heterocycles. The van der Waals surface area contributed by atoms with Gasteiger partial charge >= 0.3 is 0 Å². The number of carbonyl (C=O) groups is 2. The number of nitrogens with zero attached hydrogens (tertiary/aromatic N) is 5. The van der Waals surface area contributed by atoms with Crippen molar-refractivity contribution < 1.29 is 9.59 Å². The normalized spacial score (nSPS) is 15.5. The molecule has 3 heterocycles. The Hall–Kier alpha value is -2.64. The molecule has 1 aliphatic heterocycles. The molecule has 2 aromatic heterocycles. The fourth-order valence-electron chi connectivity index (χ4n) is 3.29. The molecule has 0 aromatic carbocycles. The number of hydrogen-bond acceptors (Lipinski definition) is 4. The SMILES string of the molecule is CCn1cc(C(=O)N2CC(C(=O)NCC(C)n3nc(C)c(C)c3C)C2)cn1. The van der Waals surface area contributed by atoms with E-state index in [9.17, 15) is 9.59 Å². The predicted octanol–water partition coefficient (Wildman–Crippen LogP) is 1.47. The van der Waals surface area contributed by atoms with E-state index in [0.717, 1.165) is 17.9 Å². The Kier molecular flexibility index (Phi) is 5.34. The summed E-state index contributed by atoms with van der Waals surface area (Å²) in [6.45, 7) is 12.3. The van der Waals surface area contributed by atoms with E-state index in [0.29, 0.717) is 25.2 Å². The van der Waals surface area contributed by atoms with Gasteiger partial charge in [0.1, 0.15) is 0 Å². The summed E-state index contributed by atoms with van der Waals surface area (Å²) in [5.74, 6) is -0.219. The molecule has 0 aliphatic carbocycles. The van der Waals surface area contributed by atoms with Crippen LogP contribution in [0.15, 0.2) is 12.4 Å². The lowest BCUT2D eigenvalue weighted by Crippen LogP contribution is -2.56. The monoisotopic (exact) mass is 372 g/mol. The van der Waals surface area contributed by atoms with Crippen LogP contribution in [0.2, 0.25) is 0 Å². The van der Waals surface area contributed by atoms with E-state index >= 15 is 0 Å². The summed E-state index contributed by atoms with van der Waals surface area (Å²) in [7, 11) is 0. The van der Waals surface area contributed by atoms with E-state index in [4.69, 9.17) is 0 Å². The average Bonchev–Trinajstić information content (AvgIpc) is 3.19. The molecule has 0 radical (unpaired) electrons. The van der Waals surface area contributed by atoms with Gasteiger partial charge in [0.25, 0.3) is 5.91 Å². The molecule has 146 valence electrons. The molecule has 0 bridgehead atoms. The van der Waals surface area contributed by atoms with Crippen molar-refractivity contribution in [2.75, 3.05) is 19.6 Å². The molecule has 1 fully saturated rings. The molecular formula is C19H28N6O2. The Morgan fingerprint density at radius 2 is 2.00 bits per heavy atom. The van der Waals surface area contributed by atoms with Gasteiger partial charge < -0.3 is 10.2 Å². The van der Waals surface area contributed by atoms with Crippen LogP contribution in [0.1, 0.15) is 47.2 Å². The number of hydrogen-bond donors (Lipinski definition) is 1. The number of aryl methyl sites for hydroxylation is 2. The van der Waals surface area contributed by atoms with Crippen molar-refractivity contribution >= 4 is 11.8 Å². The molecule has 2 aromatic rings. The lowest BCUT2D eigenvalue weighted by Gasteiger charge is -2.38. The van der Waals surface area contributed by atoms with Crippen LogP contribution in [-0.4, -0.2) is 55.9 Å².